The molecule has 0 unspecified atom stereocenters. The van der Waals surface area contributed by atoms with Crippen LogP contribution in [0.15, 0.2) is 58.5 Å². The highest BCUT2D eigenvalue weighted by atomic mass is 32.2. The zero-order chi connectivity index (χ0) is 17.7. The highest BCUT2D eigenvalue weighted by molar-refractivity contribution is 7.98. The summed E-state index contributed by atoms with van der Waals surface area (Å²) in [5.74, 6) is 1.25. The molecule has 0 aliphatic heterocycles. The van der Waals surface area contributed by atoms with Crippen molar-refractivity contribution in [1.29, 1.82) is 0 Å². The van der Waals surface area contributed by atoms with Crippen molar-refractivity contribution in [1.82, 2.24) is 24.1 Å². The topological polar surface area (TPSA) is 65.1 Å². The number of hydrogen-bond acceptors (Lipinski definition) is 6. The molecule has 2 aromatic carbocycles. The fraction of sp³-hybridized carbons (Fsp3) is 0.111. The van der Waals surface area contributed by atoms with Crippen molar-refractivity contribution in [2.24, 2.45) is 7.05 Å². The Morgan fingerprint density at radius 1 is 1.08 bits per heavy atom. The van der Waals surface area contributed by atoms with E-state index in [1.807, 2.05) is 46.9 Å². The molecule has 26 heavy (non-hydrogen) atoms. The van der Waals surface area contributed by atoms with Gasteiger partial charge >= 0.3 is 0 Å². The number of hydrogen-bond donors (Lipinski definition) is 0. The van der Waals surface area contributed by atoms with Crippen LogP contribution in [0.25, 0.3) is 26.9 Å². The molecule has 3 heterocycles. The van der Waals surface area contributed by atoms with Gasteiger partial charge in [0.2, 0.25) is 5.78 Å². The molecule has 0 bridgehead atoms. The number of thiazole rings is 1. The Bertz CT molecular complexity index is 1300. The van der Waals surface area contributed by atoms with Gasteiger partial charge in [-0.3, -0.25) is 13.8 Å². The van der Waals surface area contributed by atoms with E-state index in [4.69, 9.17) is 0 Å². The van der Waals surface area contributed by atoms with Gasteiger partial charge < -0.3 is 0 Å². The summed E-state index contributed by atoms with van der Waals surface area (Å²) in [5.41, 5.74) is 1.78. The van der Waals surface area contributed by atoms with Crippen LogP contribution >= 0.6 is 23.1 Å². The van der Waals surface area contributed by atoms with Crippen molar-refractivity contribution in [3.05, 3.63) is 63.9 Å². The van der Waals surface area contributed by atoms with Crippen molar-refractivity contribution in [2.75, 3.05) is 0 Å². The first-order valence-electron chi connectivity index (χ1n) is 8.02. The summed E-state index contributed by atoms with van der Waals surface area (Å²) in [6, 6.07) is 15.7. The normalized spacial score (nSPS) is 11.7. The average molecular weight is 379 g/mol. The van der Waals surface area contributed by atoms with E-state index < -0.39 is 0 Å². The van der Waals surface area contributed by atoms with Gasteiger partial charge in [0.25, 0.3) is 5.56 Å². The summed E-state index contributed by atoms with van der Waals surface area (Å²) in [7, 11) is 1.72. The standard InChI is InChI=1S/C18H13N5OS2/c1-22-16(24)11-6-2-4-8-13(11)23-17(22)20-21-18(23)25-10-15-19-12-7-3-5-9-14(12)26-15/h2-9H,10H2,1H3. The lowest BCUT2D eigenvalue weighted by Gasteiger charge is -2.07. The number of rotatable bonds is 3. The molecule has 0 amide bonds. The van der Waals surface area contributed by atoms with Crippen LogP contribution in [0, 0.1) is 0 Å². The zero-order valence-electron chi connectivity index (χ0n) is 13.8. The van der Waals surface area contributed by atoms with E-state index in [-0.39, 0.29) is 5.56 Å². The number of para-hydroxylation sites is 2. The van der Waals surface area contributed by atoms with E-state index >= 15 is 0 Å². The second-order valence-electron chi connectivity index (χ2n) is 5.86. The lowest BCUT2D eigenvalue weighted by molar-refractivity contribution is 0.853. The minimum Gasteiger partial charge on any atom is -0.279 e. The molecule has 6 nitrogen and oxygen atoms in total. The first-order chi connectivity index (χ1) is 12.7. The Morgan fingerprint density at radius 3 is 2.77 bits per heavy atom. The number of nitrogens with zero attached hydrogens (tertiary/aromatic N) is 5. The van der Waals surface area contributed by atoms with Gasteiger partial charge in [-0.1, -0.05) is 36.0 Å². The smallest absolute Gasteiger partial charge is 0.262 e. The maximum absolute atomic E-state index is 12.5. The summed E-state index contributed by atoms with van der Waals surface area (Å²) in [5, 5.41) is 11.0. The summed E-state index contributed by atoms with van der Waals surface area (Å²) in [6.45, 7) is 0. The average Bonchev–Trinajstić information content (AvgIpc) is 3.28. The third-order valence-electron chi connectivity index (χ3n) is 4.26. The number of aryl methyl sites for hydroxylation is 1. The summed E-state index contributed by atoms with van der Waals surface area (Å²) in [4.78, 5) is 17.2. The van der Waals surface area contributed by atoms with Crippen molar-refractivity contribution < 1.29 is 0 Å². The zero-order valence-corrected chi connectivity index (χ0v) is 15.4. The molecule has 0 saturated carbocycles. The highest BCUT2D eigenvalue weighted by Crippen LogP contribution is 2.28. The second kappa shape index (κ2) is 5.93. The van der Waals surface area contributed by atoms with E-state index in [0.717, 1.165) is 21.2 Å². The molecule has 0 radical (unpaired) electrons. The van der Waals surface area contributed by atoms with E-state index in [1.54, 1.807) is 30.1 Å². The van der Waals surface area contributed by atoms with Crippen LogP contribution in [-0.2, 0) is 12.8 Å². The third kappa shape index (κ3) is 2.33. The van der Waals surface area contributed by atoms with Gasteiger partial charge in [-0.05, 0) is 24.3 Å². The van der Waals surface area contributed by atoms with Crippen molar-refractivity contribution in [3.63, 3.8) is 0 Å². The summed E-state index contributed by atoms with van der Waals surface area (Å²) in [6.07, 6.45) is 0. The van der Waals surface area contributed by atoms with E-state index in [0.29, 0.717) is 16.9 Å². The Kier molecular flexibility index (Phi) is 3.54. The molecule has 3 aromatic heterocycles. The van der Waals surface area contributed by atoms with Crippen molar-refractivity contribution >= 4 is 50.0 Å². The van der Waals surface area contributed by atoms with Gasteiger partial charge in [0, 0.05) is 7.05 Å². The largest absolute Gasteiger partial charge is 0.279 e. The molecular weight excluding hydrogens is 366 g/mol. The fourth-order valence-electron chi connectivity index (χ4n) is 3.01. The minimum absolute atomic E-state index is 0.0665. The maximum atomic E-state index is 12.5. The SMILES string of the molecule is Cn1c(=O)c2ccccc2n2c(SCc3nc4ccccc4s3)nnc12. The lowest BCUT2D eigenvalue weighted by Crippen LogP contribution is -2.20. The third-order valence-corrected chi connectivity index (χ3v) is 6.42. The Hall–Kier alpha value is -2.71. The van der Waals surface area contributed by atoms with Crippen molar-refractivity contribution in [2.45, 2.75) is 10.9 Å². The van der Waals surface area contributed by atoms with Gasteiger partial charge in [0.15, 0.2) is 5.16 Å². The van der Waals surface area contributed by atoms with Crippen LogP contribution in [0.3, 0.4) is 0 Å². The van der Waals surface area contributed by atoms with Crippen molar-refractivity contribution in [3.8, 4) is 0 Å². The number of benzene rings is 2. The molecule has 0 aliphatic carbocycles. The van der Waals surface area contributed by atoms with Crippen LogP contribution in [0.2, 0.25) is 0 Å². The molecule has 0 aliphatic rings. The quantitative estimate of drug-likeness (QED) is 0.449. The molecule has 0 N–H and O–H groups in total. The Morgan fingerprint density at radius 2 is 1.88 bits per heavy atom. The van der Waals surface area contributed by atoms with Crippen LogP contribution < -0.4 is 5.56 Å². The van der Waals surface area contributed by atoms with E-state index in [1.165, 1.54) is 9.27 Å². The van der Waals surface area contributed by atoms with Crippen LogP contribution in [0.5, 0.6) is 0 Å². The first-order valence-corrected chi connectivity index (χ1v) is 9.83. The molecule has 8 heteroatoms. The Balaban J connectivity index is 1.60. The number of thioether (sulfide) groups is 1. The maximum Gasteiger partial charge on any atom is 0.262 e. The lowest BCUT2D eigenvalue weighted by atomic mass is 10.2. The molecular formula is C18H13N5OS2. The molecule has 128 valence electrons. The van der Waals surface area contributed by atoms with Gasteiger partial charge in [-0.2, -0.15) is 0 Å². The van der Waals surface area contributed by atoms with Crippen LogP contribution in [0.4, 0.5) is 0 Å². The molecule has 0 saturated heterocycles. The summed E-state index contributed by atoms with van der Waals surface area (Å²) >= 11 is 3.27. The van der Waals surface area contributed by atoms with Crippen LogP contribution in [-0.4, -0.2) is 24.1 Å². The minimum atomic E-state index is -0.0665. The van der Waals surface area contributed by atoms with Gasteiger partial charge in [-0.25, -0.2) is 4.98 Å². The van der Waals surface area contributed by atoms with Gasteiger partial charge in [0.1, 0.15) is 5.01 Å². The molecule has 0 spiro atoms. The fourth-order valence-corrected chi connectivity index (χ4v) is 4.91. The molecule has 0 atom stereocenters. The monoisotopic (exact) mass is 379 g/mol. The van der Waals surface area contributed by atoms with E-state index in [9.17, 15) is 4.79 Å². The van der Waals surface area contributed by atoms with Crippen LogP contribution in [0.1, 0.15) is 5.01 Å². The second-order valence-corrected chi connectivity index (χ2v) is 7.92. The van der Waals surface area contributed by atoms with E-state index in [2.05, 4.69) is 21.2 Å². The Labute approximate surface area is 156 Å². The summed E-state index contributed by atoms with van der Waals surface area (Å²) < 4.78 is 4.66. The predicted octanol–water partition coefficient (Wildman–Crippen LogP) is 3.48. The van der Waals surface area contributed by atoms with Gasteiger partial charge in [0.05, 0.1) is 26.9 Å². The highest BCUT2D eigenvalue weighted by Gasteiger charge is 2.15. The molecule has 0 fully saturated rings. The number of aromatic nitrogens is 5. The predicted molar refractivity (Wildman–Crippen MR) is 105 cm³/mol. The molecule has 5 aromatic rings. The first kappa shape index (κ1) is 15.5. The molecule has 5 rings (SSSR count). The van der Waals surface area contributed by atoms with Gasteiger partial charge in [-0.15, -0.1) is 21.5 Å². The number of fused-ring (bicyclic) bond motifs is 4.